The van der Waals surface area contributed by atoms with Crippen LogP contribution in [0.2, 0.25) is 0 Å². The van der Waals surface area contributed by atoms with Gasteiger partial charge in [-0.25, -0.2) is 0 Å². The quantitative estimate of drug-likeness (QED) is 0.886. The van der Waals surface area contributed by atoms with Gasteiger partial charge in [-0.1, -0.05) is 31.0 Å². The number of benzene rings is 1. The predicted octanol–water partition coefficient (Wildman–Crippen LogP) is 3.39. The van der Waals surface area contributed by atoms with Crippen LogP contribution in [0.1, 0.15) is 41.7 Å². The van der Waals surface area contributed by atoms with Gasteiger partial charge in [0.25, 0.3) is 5.91 Å². The van der Waals surface area contributed by atoms with E-state index in [-0.39, 0.29) is 36.3 Å². The summed E-state index contributed by atoms with van der Waals surface area (Å²) in [6.07, 6.45) is 4.19. The number of para-hydroxylation sites is 1. The highest BCUT2D eigenvalue weighted by Gasteiger charge is 2.34. The zero-order valence-electron chi connectivity index (χ0n) is 13.2. The van der Waals surface area contributed by atoms with E-state index in [4.69, 9.17) is 5.73 Å². The van der Waals surface area contributed by atoms with Gasteiger partial charge in [-0.05, 0) is 31.9 Å². The van der Waals surface area contributed by atoms with E-state index in [1.54, 1.807) is 0 Å². The van der Waals surface area contributed by atoms with Gasteiger partial charge in [0.1, 0.15) is 0 Å². The van der Waals surface area contributed by atoms with E-state index >= 15 is 0 Å². The molecule has 0 bridgehead atoms. The first-order valence-corrected chi connectivity index (χ1v) is 7.52. The zero-order chi connectivity index (χ0) is 14.9. The summed E-state index contributed by atoms with van der Waals surface area (Å²) in [4.78, 5) is 17.2. The van der Waals surface area contributed by atoms with E-state index in [9.17, 15) is 4.79 Å². The maximum Gasteiger partial charge on any atom is 0.253 e. The van der Waals surface area contributed by atoms with Crippen LogP contribution >= 0.6 is 24.8 Å². The van der Waals surface area contributed by atoms with Crippen LogP contribution in [-0.4, -0.2) is 23.0 Å². The number of nitrogens with one attached hydrogen (secondary N) is 1. The van der Waals surface area contributed by atoms with Gasteiger partial charge in [0.15, 0.2) is 0 Å². The van der Waals surface area contributed by atoms with E-state index in [1.165, 1.54) is 0 Å². The van der Waals surface area contributed by atoms with E-state index in [0.29, 0.717) is 12.1 Å². The summed E-state index contributed by atoms with van der Waals surface area (Å²) >= 11 is 0. The number of pyridine rings is 1. The summed E-state index contributed by atoms with van der Waals surface area (Å²) in [6, 6.07) is 9.68. The molecule has 6 heteroatoms. The van der Waals surface area contributed by atoms with Gasteiger partial charge in [0.2, 0.25) is 0 Å². The van der Waals surface area contributed by atoms with Crippen molar-refractivity contribution in [1.82, 2.24) is 10.3 Å². The highest BCUT2D eigenvalue weighted by atomic mass is 35.5. The Balaban J connectivity index is 0.00000132. The second-order valence-electron chi connectivity index (χ2n) is 5.98. The Morgan fingerprint density at radius 1 is 1.22 bits per heavy atom. The zero-order valence-corrected chi connectivity index (χ0v) is 14.8. The van der Waals surface area contributed by atoms with Crippen molar-refractivity contribution >= 4 is 41.6 Å². The van der Waals surface area contributed by atoms with Crippen LogP contribution < -0.4 is 11.1 Å². The third-order valence-electron chi connectivity index (χ3n) is 4.43. The lowest BCUT2D eigenvalue weighted by atomic mass is 9.97. The summed E-state index contributed by atoms with van der Waals surface area (Å²) in [5.41, 5.74) is 7.98. The molecule has 1 aliphatic carbocycles. The Kier molecular flexibility index (Phi) is 6.81. The van der Waals surface area contributed by atoms with Gasteiger partial charge in [0, 0.05) is 17.6 Å². The highest BCUT2D eigenvalue weighted by Crippen LogP contribution is 2.29. The number of nitrogens with zero attached hydrogens (tertiary/aromatic N) is 1. The molecule has 0 aliphatic heterocycles. The first kappa shape index (κ1) is 19.7. The molecule has 3 N–H and O–H groups in total. The Morgan fingerprint density at radius 3 is 2.57 bits per heavy atom. The Labute approximate surface area is 149 Å². The molecule has 1 amide bonds. The van der Waals surface area contributed by atoms with Crippen molar-refractivity contribution in [1.29, 1.82) is 0 Å². The molecule has 4 nitrogen and oxygen atoms in total. The number of amides is 1. The van der Waals surface area contributed by atoms with Gasteiger partial charge < -0.3 is 11.1 Å². The van der Waals surface area contributed by atoms with E-state index in [1.807, 2.05) is 37.3 Å². The van der Waals surface area contributed by atoms with Crippen LogP contribution in [0.25, 0.3) is 10.9 Å². The molecule has 2 aromatic rings. The van der Waals surface area contributed by atoms with Gasteiger partial charge in [-0.3, -0.25) is 9.78 Å². The van der Waals surface area contributed by atoms with E-state index < -0.39 is 0 Å². The summed E-state index contributed by atoms with van der Waals surface area (Å²) in [5.74, 6) is -0.0638. The monoisotopic (exact) mass is 355 g/mol. The molecule has 1 aromatic carbocycles. The smallest absolute Gasteiger partial charge is 0.253 e. The van der Waals surface area contributed by atoms with Crippen LogP contribution in [0.4, 0.5) is 0 Å². The molecule has 0 atom stereocenters. The summed E-state index contributed by atoms with van der Waals surface area (Å²) in [6.45, 7) is 2.43. The number of aryl methyl sites for hydroxylation is 1. The van der Waals surface area contributed by atoms with Crippen molar-refractivity contribution in [3.8, 4) is 0 Å². The molecule has 1 saturated carbocycles. The molecular formula is C17H23Cl2N3O. The van der Waals surface area contributed by atoms with Gasteiger partial charge in [-0.15, -0.1) is 24.8 Å². The second kappa shape index (κ2) is 7.95. The molecule has 1 aromatic heterocycles. The number of hydrogen-bond acceptors (Lipinski definition) is 3. The van der Waals surface area contributed by atoms with Crippen molar-refractivity contribution in [3.05, 3.63) is 41.6 Å². The van der Waals surface area contributed by atoms with Crippen LogP contribution in [0.15, 0.2) is 30.3 Å². The van der Waals surface area contributed by atoms with E-state index in [0.717, 1.165) is 42.3 Å². The Hall–Kier alpha value is -1.36. The van der Waals surface area contributed by atoms with Crippen LogP contribution in [0.5, 0.6) is 0 Å². The van der Waals surface area contributed by atoms with Crippen LogP contribution in [0, 0.1) is 6.92 Å². The minimum Gasteiger partial charge on any atom is -0.345 e. The summed E-state index contributed by atoms with van der Waals surface area (Å²) in [5, 5.41) is 4.15. The predicted molar refractivity (Wildman–Crippen MR) is 98.7 cm³/mol. The second-order valence-corrected chi connectivity index (χ2v) is 5.98. The highest BCUT2D eigenvalue weighted by molar-refractivity contribution is 6.05. The Morgan fingerprint density at radius 2 is 1.91 bits per heavy atom. The van der Waals surface area contributed by atoms with Crippen molar-refractivity contribution in [3.63, 3.8) is 0 Å². The number of carbonyl (C=O) groups excluding carboxylic acids is 1. The van der Waals surface area contributed by atoms with Crippen LogP contribution in [0.3, 0.4) is 0 Å². The number of nitrogens with two attached hydrogens (primary N) is 1. The first-order chi connectivity index (χ1) is 10.1. The third-order valence-corrected chi connectivity index (χ3v) is 4.43. The van der Waals surface area contributed by atoms with Crippen molar-refractivity contribution in [2.24, 2.45) is 5.73 Å². The van der Waals surface area contributed by atoms with Crippen molar-refractivity contribution in [2.75, 3.05) is 6.54 Å². The maximum absolute atomic E-state index is 12.7. The number of rotatable bonds is 3. The number of fused-ring (bicyclic) bond motifs is 1. The molecule has 0 unspecified atom stereocenters. The normalized spacial score (nSPS) is 15.6. The van der Waals surface area contributed by atoms with Gasteiger partial charge >= 0.3 is 0 Å². The fraction of sp³-hybridized carbons (Fsp3) is 0.412. The average molecular weight is 356 g/mol. The van der Waals surface area contributed by atoms with Crippen LogP contribution in [-0.2, 0) is 0 Å². The van der Waals surface area contributed by atoms with Gasteiger partial charge in [0.05, 0.1) is 16.6 Å². The van der Waals surface area contributed by atoms with Gasteiger partial charge in [-0.2, -0.15) is 0 Å². The topological polar surface area (TPSA) is 68.0 Å². The third kappa shape index (κ3) is 3.94. The molecule has 23 heavy (non-hydrogen) atoms. The molecule has 1 heterocycles. The largest absolute Gasteiger partial charge is 0.345 e. The lowest BCUT2D eigenvalue weighted by Crippen LogP contribution is -2.51. The molecule has 126 valence electrons. The number of aromatic nitrogens is 1. The standard InChI is InChI=1S/C17H21N3O.2ClH/c1-12-7-8-13-5-4-6-14(15(13)19-12)16(21)20-17(11-18)9-2-3-10-17;;/h4-8H,2-3,9-11,18H2,1H3,(H,20,21);2*1H. The fourth-order valence-electron chi connectivity index (χ4n) is 3.17. The molecule has 0 saturated heterocycles. The molecular weight excluding hydrogens is 333 g/mol. The number of halogens is 2. The van der Waals surface area contributed by atoms with E-state index in [2.05, 4.69) is 10.3 Å². The van der Waals surface area contributed by atoms with Crippen molar-refractivity contribution < 1.29 is 4.79 Å². The number of hydrogen-bond donors (Lipinski definition) is 2. The summed E-state index contributed by atoms with van der Waals surface area (Å²) in [7, 11) is 0. The minimum atomic E-state index is -0.233. The SMILES string of the molecule is Cc1ccc2cccc(C(=O)NC3(CN)CCCC3)c2n1.Cl.Cl. The lowest BCUT2D eigenvalue weighted by Gasteiger charge is -2.28. The molecule has 1 aliphatic rings. The minimum absolute atomic E-state index is 0. The lowest BCUT2D eigenvalue weighted by molar-refractivity contribution is 0.0904. The summed E-state index contributed by atoms with van der Waals surface area (Å²) < 4.78 is 0. The van der Waals surface area contributed by atoms with Crippen molar-refractivity contribution in [2.45, 2.75) is 38.1 Å². The first-order valence-electron chi connectivity index (χ1n) is 7.52. The molecule has 3 rings (SSSR count). The average Bonchev–Trinajstić information content (AvgIpc) is 2.95. The molecule has 1 fully saturated rings. The Bertz CT molecular complexity index is 685. The number of carbonyl (C=O) groups is 1. The maximum atomic E-state index is 12.7. The molecule has 0 spiro atoms. The fourth-order valence-corrected chi connectivity index (χ4v) is 3.17. The molecule has 0 radical (unpaired) electrons.